The normalized spacial score (nSPS) is 16.6. The molecule has 19 heavy (non-hydrogen) atoms. The average molecular weight is 264 g/mol. The minimum absolute atomic E-state index is 0.683. The molecular weight excluding hydrogens is 240 g/mol. The molecule has 0 radical (unpaired) electrons. The summed E-state index contributed by atoms with van der Waals surface area (Å²) >= 11 is 0. The lowest BCUT2D eigenvalue weighted by atomic mass is 10.1. The van der Waals surface area contributed by atoms with Gasteiger partial charge in [0.1, 0.15) is 6.61 Å². The van der Waals surface area contributed by atoms with Gasteiger partial charge in [-0.2, -0.15) is 0 Å². The smallest absolute Gasteiger partial charge is 0.161 e. The molecule has 106 valence electrons. The van der Waals surface area contributed by atoms with Crippen molar-refractivity contribution in [1.29, 1.82) is 0 Å². The lowest BCUT2D eigenvalue weighted by Gasteiger charge is -2.31. The molecule has 1 aromatic carbocycles. The second-order valence-corrected chi connectivity index (χ2v) is 4.96. The maximum Gasteiger partial charge on any atom is 0.161 e. The van der Waals surface area contributed by atoms with Gasteiger partial charge < -0.3 is 14.8 Å². The molecule has 0 saturated carbocycles. The molecule has 1 heterocycles. The van der Waals surface area contributed by atoms with E-state index in [0.29, 0.717) is 12.6 Å². The van der Waals surface area contributed by atoms with Crippen LogP contribution in [0, 0.1) is 0 Å². The summed E-state index contributed by atoms with van der Waals surface area (Å²) in [4.78, 5) is 2.40. The highest BCUT2D eigenvalue weighted by molar-refractivity contribution is 5.39. The van der Waals surface area contributed by atoms with Gasteiger partial charge in [0.15, 0.2) is 11.5 Å². The fourth-order valence-electron chi connectivity index (χ4n) is 2.47. The Morgan fingerprint density at radius 1 is 1.21 bits per heavy atom. The van der Waals surface area contributed by atoms with Gasteiger partial charge in [-0.1, -0.05) is 12.1 Å². The van der Waals surface area contributed by atoms with Crippen LogP contribution < -0.4 is 14.8 Å². The lowest BCUT2D eigenvalue weighted by molar-refractivity contribution is 0.163. The van der Waals surface area contributed by atoms with Gasteiger partial charge in [0.05, 0.1) is 7.11 Å². The minimum atomic E-state index is 0.683. The molecule has 4 nitrogen and oxygen atoms in total. The third-order valence-electron chi connectivity index (χ3n) is 3.70. The molecule has 2 rings (SSSR count). The first kappa shape index (κ1) is 14.2. The van der Waals surface area contributed by atoms with Crippen molar-refractivity contribution in [2.24, 2.45) is 0 Å². The maximum atomic E-state index is 5.81. The largest absolute Gasteiger partial charge is 0.493 e. The molecular formula is C15H24N2O2. The van der Waals surface area contributed by atoms with E-state index in [1.54, 1.807) is 7.11 Å². The van der Waals surface area contributed by atoms with Crippen molar-refractivity contribution < 1.29 is 9.47 Å². The predicted molar refractivity (Wildman–Crippen MR) is 77.0 cm³/mol. The van der Waals surface area contributed by atoms with Gasteiger partial charge in [-0.25, -0.2) is 0 Å². The molecule has 1 aromatic rings. The molecule has 1 fully saturated rings. The maximum absolute atomic E-state index is 5.81. The van der Waals surface area contributed by atoms with Gasteiger partial charge in [-0.15, -0.1) is 0 Å². The third-order valence-corrected chi connectivity index (χ3v) is 3.70. The number of ether oxygens (including phenoxy) is 2. The highest BCUT2D eigenvalue weighted by Crippen LogP contribution is 2.25. The summed E-state index contributed by atoms with van der Waals surface area (Å²) in [5.74, 6) is 1.62. The van der Waals surface area contributed by atoms with Gasteiger partial charge in [-0.3, -0.25) is 4.90 Å². The summed E-state index contributed by atoms with van der Waals surface area (Å²) in [7, 11) is 3.85. The fraction of sp³-hybridized carbons (Fsp3) is 0.600. The second-order valence-electron chi connectivity index (χ2n) is 4.96. The summed E-state index contributed by atoms with van der Waals surface area (Å²) in [6, 6.07) is 8.47. The number of hydrogen-bond donors (Lipinski definition) is 1. The zero-order valence-corrected chi connectivity index (χ0v) is 11.9. The Labute approximate surface area is 115 Å². The van der Waals surface area contributed by atoms with Gasteiger partial charge in [0.25, 0.3) is 0 Å². The third kappa shape index (κ3) is 4.11. The Balaban J connectivity index is 1.76. The average Bonchev–Trinajstić information content (AvgIpc) is 2.48. The number of nitrogens with zero attached hydrogens (tertiary/aromatic N) is 1. The quantitative estimate of drug-likeness (QED) is 0.849. The van der Waals surface area contributed by atoms with Crippen molar-refractivity contribution in [1.82, 2.24) is 10.2 Å². The lowest BCUT2D eigenvalue weighted by Crippen LogP contribution is -2.42. The van der Waals surface area contributed by atoms with E-state index in [1.807, 2.05) is 24.3 Å². The summed E-state index contributed by atoms with van der Waals surface area (Å²) in [5.41, 5.74) is 0. The Morgan fingerprint density at radius 3 is 2.58 bits per heavy atom. The molecule has 0 amide bonds. The van der Waals surface area contributed by atoms with Crippen molar-refractivity contribution in [3.63, 3.8) is 0 Å². The van der Waals surface area contributed by atoms with Gasteiger partial charge in [0.2, 0.25) is 0 Å². The molecule has 0 aliphatic carbocycles. The number of hydrogen-bond acceptors (Lipinski definition) is 4. The highest BCUT2D eigenvalue weighted by atomic mass is 16.5. The summed E-state index contributed by atoms with van der Waals surface area (Å²) in [5, 5.41) is 3.39. The second kappa shape index (κ2) is 7.36. The fourth-order valence-corrected chi connectivity index (χ4v) is 2.47. The SMILES string of the molecule is COc1ccccc1OCCN(C)C1CCNCC1. The van der Waals surface area contributed by atoms with Gasteiger partial charge in [-0.05, 0) is 45.1 Å². The van der Waals surface area contributed by atoms with Crippen molar-refractivity contribution in [2.45, 2.75) is 18.9 Å². The van der Waals surface area contributed by atoms with Gasteiger partial charge in [0, 0.05) is 12.6 Å². The molecule has 4 heteroatoms. The molecule has 1 aliphatic heterocycles. The van der Waals surface area contributed by atoms with Crippen LogP contribution >= 0.6 is 0 Å². The number of piperidine rings is 1. The van der Waals surface area contributed by atoms with E-state index in [-0.39, 0.29) is 0 Å². The number of methoxy groups -OCH3 is 1. The van der Waals surface area contributed by atoms with Crippen LogP contribution in [-0.2, 0) is 0 Å². The Bertz CT molecular complexity index is 378. The van der Waals surface area contributed by atoms with E-state index >= 15 is 0 Å². The summed E-state index contributed by atoms with van der Waals surface area (Å²) in [6.07, 6.45) is 2.45. The molecule has 1 saturated heterocycles. The van der Waals surface area contributed by atoms with Crippen LogP contribution in [-0.4, -0.2) is 51.3 Å². The van der Waals surface area contributed by atoms with Crippen LogP contribution in [0.1, 0.15) is 12.8 Å². The molecule has 0 aromatic heterocycles. The number of nitrogens with one attached hydrogen (secondary N) is 1. The van der Waals surface area contributed by atoms with Crippen LogP contribution in [0.25, 0.3) is 0 Å². The van der Waals surface area contributed by atoms with E-state index in [1.165, 1.54) is 12.8 Å². The van der Waals surface area contributed by atoms with Crippen molar-refractivity contribution in [3.05, 3.63) is 24.3 Å². The van der Waals surface area contributed by atoms with Crippen LogP contribution in [0.4, 0.5) is 0 Å². The van der Waals surface area contributed by atoms with E-state index in [4.69, 9.17) is 9.47 Å². The van der Waals surface area contributed by atoms with Crippen LogP contribution in [0.15, 0.2) is 24.3 Å². The van der Waals surface area contributed by atoms with E-state index in [9.17, 15) is 0 Å². The zero-order chi connectivity index (χ0) is 13.5. The van der Waals surface area contributed by atoms with Crippen LogP contribution in [0.2, 0.25) is 0 Å². The first-order valence-corrected chi connectivity index (χ1v) is 6.98. The minimum Gasteiger partial charge on any atom is -0.493 e. The molecule has 1 N–H and O–H groups in total. The molecule has 1 aliphatic rings. The number of benzene rings is 1. The van der Waals surface area contributed by atoms with Crippen molar-refractivity contribution in [3.8, 4) is 11.5 Å². The summed E-state index contributed by atoms with van der Waals surface area (Å²) < 4.78 is 11.1. The highest BCUT2D eigenvalue weighted by Gasteiger charge is 2.17. The monoisotopic (exact) mass is 264 g/mol. The first-order valence-electron chi connectivity index (χ1n) is 6.98. The van der Waals surface area contributed by atoms with Crippen LogP contribution in [0.3, 0.4) is 0 Å². The molecule has 0 unspecified atom stereocenters. The standard InChI is InChI=1S/C15H24N2O2/c1-17(13-7-9-16-10-8-13)11-12-19-15-6-4-3-5-14(15)18-2/h3-6,13,16H,7-12H2,1-2H3. The van der Waals surface area contributed by atoms with Gasteiger partial charge >= 0.3 is 0 Å². The molecule has 0 bridgehead atoms. The molecule has 0 spiro atoms. The zero-order valence-electron chi connectivity index (χ0n) is 11.9. The number of likely N-dealkylation sites (N-methyl/N-ethyl adjacent to an activating group) is 1. The van der Waals surface area contributed by atoms with E-state index in [2.05, 4.69) is 17.3 Å². The summed E-state index contributed by atoms with van der Waals surface area (Å²) in [6.45, 7) is 3.90. The predicted octanol–water partition coefficient (Wildman–Crippen LogP) is 1.76. The first-order chi connectivity index (χ1) is 9.31. The van der Waals surface area contributed by atoms with Crippen LogP contribution in [0.5, 0.6) is 11.5 Å². The van der Waals surface area contributed by atoms with Crippen molar-refractivity contribution >= 4 is 0 Å². The topological polar surface area (TPSA) is 33.7 Å². The molecule has 0 atom stereocenters. The van der Waals surface area contributed by atoms with Crippen molar-refractivity contribution in [2.75, 3.05) is 40.4 Å². The number of rotatable bonds is 6. The van der Waals surface area contributed by atoms with E-state index in [0.717, 1.165) is 31.1 Å². The number of para-hydroxylation sites is 2. The Hall–Kier alpha value is -1.26. The Kier molecular flexibility index (Phi) is 5.48. The Morgan fingerprint density at radius 2 is 1.89 bits per heavy atom. The van der Waals surface area contributed by atoms with E-state index < -0.39 is 0 Å².